The molecule has 2 aromatic rings. The standard InChI is InChI=1S/C16H21N5O3/c22-15(10-19-16(23)18-9-12-3-2-8-24-12)20-13-4-1-5-14(13)21-7-6-17-11-21/h2-3,6-8,11,13-14H,1,4-5,9-10H2,(H,20,22)(H2,18,19,23)/t13-,14+/m0/s1. The van der Waals surface area contributed by atoms with E-state index in [-0.39, 0.29) is 31.1 Å². The molecule has 3 amide bonds. The third kappa shape index (κ3) is 4.15. The highest BCUT2D eigenvalue weighted by atomic mass is 16.3. The van der Waals surface area contributed by atoms with Crippen molar-refractivity contribution in [2.75, 3.05) is 6.54 Å². The molecule has 128 valence electrons. The van der Waals surface area contributed by atoms with Gasteiger partial charge in [-0.25, -0.2) is 9.78 Å². The lowest BCUT2D eigenvalue weighted by atomic mass is 10.1. The quantitative estimate of drug-likeness (QED) is 0.740. The number of carbonyl (C=O) groups is 2. The molecule has 0 saturated heterocycles. The Bertz CT molecular complexity index is 653. The van der Waals surface area contributed by atoms with Crippen molar-refractivity contribution in [1.82, 2.24) is 25.5 Å². The normalized spacial score (nSPS) is 19.8. The fourth-order valence-electron chi connectivity index (χ4n) is 2.99. The Kier molecular flexibility index (Phi) is 5.15. The number of urea groups is 1. The summed E-state index contributed by atoms with van der Waals surface area (Å²) in [5.41, 5.74) is 0. The van der Waals surface area contributed by atoms with Gasteiger partial charge in [-0.1, -0.05) is 0 Å². The number of furan rings is 1. The Morgan fingerprint density at radius 2 is 2.25 bits per heavy atom. The van der Waals surface area contributed by atoms with Crippen molar-refractivity contribution >= 4 is 11.9 Å². The summed E-state index contributed by atoms with van der Waals surface area (Å²) >= 11 is 0. The number of amides is 3. The number of aromatic nitrogens is 2. The molecule has 3 rings (SSSR count). The third-order valence-corrected chi connectivity index (χ3v) is 4.15. The van der Waals surface area contributed by atoms with Crippen molar-refractivity contribution in [3.05, 3.63) is 42.9 Å². The van der Waals surface area contributed by atoms with Gasteiger partial charge in [0.15, 0.2) is 0 Å². The molecule has 8 heteroatoms. The summed E-state index contributed by atoms with van der Waals surface area (Å²) in [5, 5.41) is 8.17. The highest BCUT2D eigenvalue weighted by Gasteiger charge is 2.29. The summed E-state index contributed by atoms with van der Waals surface area (Å²) < 4.78 is 7.15. The molecule has 0 aromatic carbocycles. The number of carbonyl (C=O) groups excluding carboxylic acids is 2. The predicted octanol–water partition coefficient (Wildman–Crippen LogP) is 1.19. The van der Waals surface area contributed by atoms with Crippen LogP contribution in [0.4, 0.5) is 4.79 Å². The SMILES string of the molecule is O=C(CNC(=O)NCc1ccco1)N[C@H]1CCC[C@H]1n1ccnc1. The molecule has 1 aliphatic carbocycles. The van der Waals surface area contributed by atoms with Crippen LogP contribution in [0.3, 0.4) is 0 Å². The summed E-state index contributed by atoms with van der Waals surface area (Å²) in [7, 11) is 0. The van der Waals surface area contributed by atoms with E-state index in [0.29, 0.717) is 5.76 Å². The van der Waals surface area contributed by atoms with Crippen molar-refractivity contribution in [2.24, 2.45) is 0 Å². The minimum absolute atomic E-state index is 0.0584. The van der Waals surface area contributed by atoms with Gasteiger partial charge in [0.2, 0.25) is 5.91 Å². The highest BCUT2D eigenvalue weighted by Crippen LogP contribution is 2.29. The van der Waals surface area contributed by atoms with Crippen molar-refractivity contribution < 1.29 is 14.0 Å². The van der Waals surface area contributed by atoms with Crippen LogP contribution in [0.5, 0.6) is 0 Å². The van der Waals surface area contributed by atoms with E-state index >= 15 is 0 Å². The van der Waals surface area contributed by atoms with Gasteiger partial charge in [-0.2, -0.15) is 0 Å². The van der Waals surface area contributed by atoms with E-state index in [1.54, 1.807) is 30.9 Å². The molecule has 0 radical (unpaired) electrons. The minimum atomic E-state index is -0.404. The molecule has 24 heavy (non-hydrogen) atoms. The molecule has 3 N–H and O–H groups in total. The van der Waals surface area contributed by atoms with Crippen molar-refractivity contribution in [3.8, 4) is 0 Å². The first-order chi connectivity index (χ1) is 11.7. The largest absolute Gasteiger partial charge is 0.467 e. The van der Waals surface area contributed by atoms with Gasteiger partial charge >= 0.3 is 6.03 Å². The first-order valence-corrected chi connectivity index (χ1v) is 8.03. The zero-order chi connectivity index (χ0) is 16.8. The van der Waals surface area contributed by atoms with Gasteiger partial charge in [0, 0.05) is 18.4 Å². The lowest BCUT2D eigenvalue weighted by Gasteiger charge is -2.22. The summed E-state index contributed by atoms with van der Waals surface area (Å²) in [6.45, 7) is 0.225. The van der Waals surface area contributed by atoms with Gasteiger partial charge in [0.25, 0.3) is 0 Å². The summed E-state index contributed by atoms with van der Waals surface area (Å²) in [5.74, 6) is 0.462. The lowest BCUT2D eigenvalue weighted by molar-refractivity contribution is -0.121. The molecular weight excluding hydrogens is 310 g/mol. The van der Waals surface area contributed by atoms with Crippen LogP contribution in [0.1, 0.15) is 31.1 Å². The molecule has 1 saturated carbocycles. The molecule has 2 atom stereocenters. The van der Waals surface area contributed by atoms with Gasteiger partial charge in [0.1, 0.15) is 5.76 Å². The minimum Gasteiger partial charge on any atom is -0.467 e. The van der Waals surface area contributed by atoms with E-state index in [9.17, 15) is 9.59 Å². The molecule has 2 aromatic heterocycles. The second-order valence-electron chi connectivity index (χ2n) is 5.80. The van der Waals surface area contributed by atoms with E-state index in [0.717, 1.165) is 19.3 Å². The lowest BCUT2D eigenvalue weighted by Crippen LogP contribution is -2.45. The van der Waals surface area contributed by atoms with Gasteiger partial charge in [-0.3, -0.25) is 4.79 Å². The Labute approximate surface area is 139 Å². The molecule has 2 heterocycles. The molecule has 0 aliphatic heterocycles. The van der Waals surface area contributed by atoms with Crippen molar-refractivity contribution in [1.29, 1.82) is 0 Å². The van der Waals surface area contributed by atoms with Crippen molar-refractivity contribution in [2.45, 2.75) is 37.9 Å². The van der Waals surface area contributed by atoms with Crippen LogP contribution in [-0.2, 0) is 11.3 Å². The number of hydrogen-bond donors (Lipinski definition) is 3. The van der Waals surface area contributed by atoms with Crippen LogP contribution < -0.4 is 16.0 Å². The van der Waals surface area contributed by atoms with Gasteiger partial charge in [-0.05, 0) is 31.4 Å². The maximum absolute atomic E-state index is 12.1. The zero-order valence-electron chi connectivity index (χ0n) is 13.3. The zero-order valence-corrected chi connectivity index (χ0v) is 13.3. The molecular formula is C16H21N5O3. The highest BCUT2D eigenvalue weighted by molar-refractivity contribution is 5.84. The monoisotopic (exact) mass is 331 g/mol. The number of nitrogens with one attached hydrogen (secondary N) is 3. The maximum atomic E-state index is 12.1. The van der Waals surface area contributed by atoms with Gasteiger partial charge in [-0.15, -0.1) is 0 Å². The van der Waals surface area contributed by atoms with Crippen LogP contribution in [0, 0.1) is 0 Å². The van der Waals surface area contributed by atoms with E-state index in [1.165, 1.54) is 0 Å². The van der Waals surface area contributed by atoms with E-state index in [4.69, 9.17) is 4.42 Å². The van der Waals surface area contributed by atoms with E-state index in [2.05, 4.69) is 20.9 Å². The predicted molar refractivity (Wildman–Crippen MR) is 86.0 cm³/mol. The smallest absolute Gasteiger partial charge is 0.315 e. The molecule has 0 spiro atoms. The van der Waals surface area contributed by atoms with E-state index in [1.807, 2.05) is 10.8 Å². The van der Waals surface area contributed by atoms with Crippen LogP contribution in [0.25, 0.3) is 0 Å². The fraction of sp³-hybridized carbons (Fsp3) is 0.438. The number of hydrogen-bond acceptors (Lipinski definition) is 4. The van der Waals surface area contributed by atoms with Gasteiger partial charge < -0.3 is 24.9 Å². The molecule has 0 bridgehead atoms. The number of imidazole rings is 1. The Morgan fingerprint density at radius 3 is 3.00 bits per heavy atom. The average Bonchev–Trinajstić information content (AvgIpc) is 3.31. The van der Waals surface area contributed by atoms with Crippen LogP contribution in [0.2, 0.25) is 0 Å². The molecule has 1 aliphatic rings. The third-order valence-electron chi connectivity index (χ3n) is 4.15. The average molecular weight is 331 g/mol. The Balaban J connectivity index is 1.39. The Morgan fingerprint density at radius 1 is 1.33 bits per heavy atom. The Hall–Kier alpha value is -2.77. The first kappa shape index (κ1) is 16.1. The molecule has 1 fully saturated rings. The topological polar surface area (TPSA) is 101 Å². The van der Waals surface area contributed by atoms with Crippen LogP contribution >= 0.6 is 0 Å². The number of nitrogens with zero attached hydrogens (tertiary/aromatic N) is 2. The second kappa shape index (κ2) is 7.67. The molecule has 8 nitrogen and oxygen atoms in total. The summed E-state index contributed by atoms with van der Waals surface area (Å²) in [4.78, 5) is 27.8. The van der Waals surface area contributed by atoms with Gasteiger partial charge in [0.05, 0.1) is 31.7 Å². The fourth-order valence-corrected chi connectivity index (χ4v) is 2.99. The maximum Gasteiger partial charge on any atom is 0.315 e. The van der Waals surface area contributed by atoms with Crippen LogP contribution in [0.15, 0.2) is 41.5 Å². The summed E-state index contributed by atoms with van der Waals surface area (Å²) in [6.07, 6.45) is 9.97. The van der Waals surface area contributed by atoms with Crippen molar-refractivity contribution in [3.63, 3.8) is 0 Å². The summed E-state index contributed by atoms with van der Waals surface area (Å²) in [6, 6.07) is 3.41. The number of rotatable bonds is 6. The second-order valence-corrected chi connectivity index (χ2v) is 5.80. The van der Waals surface area contributed by atoms with E-state index < -0.39 is 6.03 Å². The van der Waals surface area contributed by atoms with Crippen LogP contribution in [-0.4, -0.2) is 34.1 Å². The first-order valence-electron chi connectivity index (χ1n) is 8.03. The molecule has 0 unspecified atom stereocenters.